The Morgan fingerprint density at radius 1 is 1.11 bits per heavy atom. The third-order valence-electron chi connectivity index (χ3n) is 6.68. The van der Waals surface area contributed by atoms with Crippen LogP contribution in [0.4, 0.5) is 0 Å². The van der Waals surface area contributed by atoms with Crippen LogP contribution in [-0.4, -0.2) is 29.2 Å². The van der Waals surface area contributed by atoms with Crippen molar-refractivity contribution in [3.8, 4) is 11.5 Å². The number of benzene rings is 2. The summed E-state index contributed by atoms with van der Waals surface area (Å²) in [5.41, 5.74) is 2.56. The molecule has 0 fully saturated rings. The second-order valence-electron chi connectivity index (χ2n) is 9.66. The first-order valence-corrected chi connectivity index (χ1v) is 11.8. The van der Waals surface area contributed by atoms with Crippen LogP contribution in [0.2, 0.25) is 0 Å². The molecule has 2 aromatic carbocycles. The van der Waals surface area contributed by atoms with Crippen molar-refractivity contribution in [3.05, 3.63) is 69.1 Å². The molecule has 182 valence electrons. The molecule has 2 N–H and O–H groups in total. The molecule has 8 nitrogen and oxygen atoms in total. The molecule has 1 aromatic heterocycles. The maximum Gasteiger partial charge on any atom is 0.339 e. The van der Waals surface area contributed by atoms with Gasteiger partial charge in [0.05, 0.1) is 5.39 Å². The molecule has 0 bridgehead atoms. The first kappa shape index (κ1) is 23.0. The number of rotatable bonds is 6. The van der Waals surface area contributed by atoms with Crippen molar-refractivity contribution >= 4 is 22.8 Å². The molecular formula is C27H27NO7. The summed E-state index contributed by atoms with van der Waals surface area (Å²) < 4.78 is 17.9. The van der Waals surface area contributed by atoms with Gasteiger partial charge in [-0.15, -0.1) is 0 Å². The van der Waals surface area contributed by atoms with Gasteiger partial charge in [0.2, 0.25) is 0 Å². The summed E-state index contributed by atoms with van der Waals surface area (Å²) in [6.07, 6.45) is 3.68. The summed E-state index contributed by atoms with van der Waals surface area (Å²) in [6, 6.07) is 9.04. The Kier molecular flexibility index (Phi) is 5.75. The number of carboxylic acids is 1. The number of nitrogens with one attached hydrogen (secondary N) is 1. The molecule has 0 saturated heterocycles. The molecule has 8 heteroatoms. The van der Waals surface area contributed by atoms with Crippen molar-refractivity contribution in [1.29, 1.82) is 0 Å². The van der Waals surface area contributed by atoms with E-state index in [1.54, 1.807) is 36.4 Å². The standard InChI is InChI=1S/C27H27NO7/c1-27(2)12-11-18-19(35-27)13-20(22-16-9-6-10-17(16)26(32)34-24(18)22)33-14-21(29)28-23(25(30)31)15-7-4-3-5-8-15/h3-5,7-8,13,23H,6,9-12,14H2,1-2H3,(H,28,29)(H,30,31). The van der Waals surface area contributed by atoms with E-state index in [0.29, 0.717) is 46.4 Å². The average Bonchev–Trinajstić information content (AvgIpc) is 3.31. The minimum absolute atomic E-state index is 0.334. The number of carbonyl (C=O) groups excluding carboxylic acids is 1. The van der Waals surface area contributed by atoms with Gasteiger partial charge in [-0.1, -0.05) is 30.3 Å². The van der Waals surface area contributed by atoms with Gasteiger partial charge in [0.1, 0.15) is 22.7 Å². The molecule has 35 heavy (non-hydrogen) atoms. The van der Waals surface area contributed by atoms with Crippen molar-refractivity contribution in [2.24, 2.45) is 0 Å². The van der Waals surface area contributed by atoms with Crippen LogP contribution in [0.15, 0.2) is 45.6 Å². The fraction of sp³-hybridized carbons (Fsp3) is 0.370. The van der Waals surface area contributed by atoms with Gasteiger partial charge in [0, 0.05) is 17.2 Å². The van der Waals surface area contributed by atoms with Gasteiger partial charge in [0.25, 0.3) is 5.91 Å². The lowest BCUT2D eigenvalue weighted by atomic mass is 9.91. The number of aryl methyl sites for hydroxylation is 2. The zero-order valence-electron chi connectivity index (χ0n) is 19.7. The minimum atomic E-state index is -1.20. The summed E-state index contributed by atoms with van der Waals surface area (Å²) >= 11 is 0. The summed E-state index contributed by atoms with van der Waals surface area (Å²) in [5.74, 6) is -0.792. The van der Waals surface area contributed by atoms with E-state index in [9.17, 15) is 19.5 Å². The van der Waals surface area contributed by atoms with E-state index in [1.165, 1.54) is 0 Å². The zero-order chi connectivity index (χ0) is 24.7. The van der Waals surface area contributed by atoms with Gasteiger partial charge in [0.15, 0.2) is 12.6 Å². The SMILES string of the molecule is CC1(C)CCc2c(cc(OCC(=O)NC(C(=O)O)c3ccccc3)c3c4c(c(=O)oc23)CCC4)O1. The Morgan fingerprint density at radius 2 is 1.86 bits per heavy atom. The molecule has 2 heterocycles. The van der Waals surface area contributed by atoms with E-state index >= 15 is 0 Å². The normalized spacial score (nSPS) is 16.6. The lowest BCUT2D eigenvalue weighted by molar-refractivity contribution is -0.142. The molecule has 3 aromatic rings. The van der Waals surface area contributed by atoms with Crippen molar-refractivity contribution in [2.45, 2.75) is 57.6 Å². The summed E-state index contributed by atoms with van der Waals surface area (Å²) in [7, 11) is 0. The van der Waals surface area contributed by atoms with Crippen LogP contribution in [0, 0.1) is 0 Å². The topological polar surface area (TPSA) is 115 Å². The third-order valence-corrected chi connectivity index (χ3v) is 6.68. The Morgan fingerprint density at radius 3 is 2.60 bits per heavy atom. The third kappa shape index (κ3) is 4.36. The first-order valence-electron chi connectivity index (χ1n) is 11.8. The molecule has 1 amide bonds. The Bertz CT molecular complexity index is 1370. The van der Waals surface area contributed by atoms with Gasteiger partial charge in [-0.25, -0.2) is 9.59 Å². The van der Waals surface area contributed by atoms with Crippen LogP contribution in [0.3, 0.4) is 0 Å². The van der Waals surface area contributed by atoms with Crippen molar-refractivity contribution in [3.63, 3.8) is 0 Å². The first-order chi connectivity index (χ1) is 16.7. The number of amides is 1. The minimum Gasteiger partial charge on any atom is -0.487 e. The van der Waals surface area contributed by atoms with Crippen molar-refractivity contribution in [2.75, 3.05) is 6.61 Å². The Balaban J connectivity index is 1.48. The number of carbonyl (C=O) groups is 2. The molecule has 0 saturated carbocycles. The van der Waals surface area contributed by atoms with Crippen LogP contribution in [0.1, 0.15) is 55.0 Å². The average molecular weight is 478 g/mol. The molecule has 1 atom stereocenters. The molecular weight excluding hydrogens is 450 g/mol. The monoisotopic (exact) mass is 477 g/mol. The highest BCUT2D eigenvalue weighted by atomic mass is 16.5. The van der Waals surface area contributed by atoms with Crippen molar-refractivity contribution in [1.82, 2.24) is 5.32 Å². The highest BCUT2D eigenvalue weighted by molar-refractivity contribution is 5.93. The highest BCUT2D eigenvalue weighted by Crippen LogP contribution is 2.44. The van der Waals surface area contributed by atoms with E-state index in [0.717, 1.165) is 30.4 Å². The van der Waals surface area contributed by atoms with E-state index < -0.39 is 30.1 Å². The number of hydrogen-bond donors (Lipinski definition) is 2. The lowest BCUT2D eigenvalue weighted by Crippen LogP contribution is -2.36. The molecule has 1 aliphatic heterocycles. The van der Waals surface area contributed by atoms with Crippen LogP contribution >= 0.6 is 0 Å². The van der Waals surface area contributed by atoms with Gasteiger partial charge in [-0.3, -0.25) is 4.79 Å². The summed E-state index contributed by atoms with van der Waals surface area (Å²) in [5, 5.41) is 12.8. The van der Waals surface area contributed by atoms with E-state index in [-0.39, 0.29) is 5.63 Å². The lowest BCUT2D eigenvalue weighted by Gasteiger charge is -2.33. The van der Waals surface area contributed by atoms with E-state index in [2.05, 4.69) is 5.32 Å². The Labute approximate surface area is 201 Å². The molecule has 2 aliphatic rings. The number of ether oxygens (including phenoxy) is 2. The predicted octanol–water partition coefficient (Wildman–Crippen LogP) is 3.71. The fourth-order valence-electron chi connectivity index (χ4n) is 4.95. The summed E-state index contributed by atoms with van der Waals surface area (Å²) in [4.78, 5) is 37.1. The number of aliphatic carboxylic acids is 1. The maximum atomic E-state index is 12.7. The van der Waals surface area contributed by atoms with Crippen LogP contribution in [0.5, 0.6) is 11.5 Å². The quantitative estimate of drug-likeness (QED) is 0.520. The largest absolute Gasteiger partial charge is 0.487 e. The maximum absolute atomic E-state index is 12.7. The van der Waals surface area contributed by atoms with Crippen LogP contribution < -0.4 is 20.4 Å². The second-order valence-corrected chi connectivity index (χ2v) is 9.66. The smallest absolute Gasteiger partial charge is 0.339 e. The number of fused-ring (bicyclic) bond motifs is 5. The van der Waals surface area contributed by atoms with Crippen LogP contribution in [-0.2, 0) is 28.9 Å². The van der Waals surface area contributed by atoms with E-state index in [4.69, 9.17) is 13.9 Å². The Hall–Kier alpha value is -3.81. The molecule has 0 spiro atoms. The zero-order valence-corrected chi connectivity index (χ0v) is 19.7. The molecule has 5 rings (SSSR count). The molecule has 1 unspecified atom stereocenters. The van der Waals surface area contributed by atoms with Gasteiger partial charge in [-0.05, 0) is 57.1 Å². The fourth-order valence-corrected chi connectivity index (χ4v) is 4.95. The van der Waals surface area contributed by atoms with Crippen molar-refractivity contribution < 1.29 is 28.6 Å². The highest BCUT2D eigenvalue weighted by Gasteiger charge is 2.32. The van der Waals surface area contributed by atoms with Gasteiger partial charge < -0.3 is 24.3 Å². The van der Waals surface area contributed by atoms with Gasteiger partial charge >= 0.3 is 11.6 Å². The number of hydrogen-bond acceptors (Lipinski definition) is 6. The van der Waals surface area contributed by atoms with E-state index in [1.807, 2.05) is 13.8 Å². The predicted molar refractivity (Wildman–Crippen MR) is 128 cm³/mol. The van der Waals surface area contributed by atoms with Crippen LogP contribution in [0.25, 0.3) is 11.0 Å². The number of carboxylic acid groups (broad SMARTS) is 1. The molecule has 0 radical (unpaired) electrons. The summed E-state index contributed by atoms with van der Waals surface area (Å²) in [6.45, 7) is 3.58. The second kappa shape index (κ2) is 8.76. The molecule has 1 aliphatic carbocycles. The van der Waals surface area contributed by atoms with Gasteiger partial charge in [-0.2, -0.15) is 0 Å².